The molecule has 3 N–H and O–H groups in total. The normalized spacial score (nSPS) is 17.4. The number of likely N-dealkylation sites (N-methyl/N-ethyl adjacent to an activating group) is 1. The number of amides is 2. The number of fused-ring (bicyclic) bond motifs is 1. The van der Waals surface area contributed by atoms with Crippen LogP contribution in [0, 0.1) is 0 Å². The lowest BCUT2D eigenvalue weighted by molar-refractivity contribution is -0.122. The van der Waals surface area contributed by atoms with Crippen LogP contribution in [0.4, 0.5) is 0 Å². The summed E-state index contributed by atoms with van der Waals surface area (Å²) in [6, 6.07) is 15.8. The first-order valence-corrected chi connectivity index (χ1v) is 11.0. The number of hydrogen-bond donors (Lipinski definition) is 3. The second-order valence-corrected chi connectivity index (χ2v) is 8.24. The highest BCUT2D eigenvalue weighted by molar-refractivity contribution is 5.94. The Kier molecular flexibility index (Phi) is 6.82. The molecule has 1 aromatic heterocycles. The van der Waals surface area contributed by atoms with Crippen molar-refractivity contribution in [3.05, 3.63) is 65.5 Å². The van der Waals surface area contributed by atoms with E-state index in [1.54, 1.807) is 7.05 Å². The van der Waals surface area contributed by atoms with Gasteiger partial charge < -0.3 is 15.6 Å². The SMILES string of the molecule is CNC(=O)c1cccc([C@H]2CN(CC(=O)NCCc3nc4ccccc4[nH]3)CCN2C)c1. The molecule has 1 atom stereocenters. The van der Waals surface area contributed by atoms with Crippen LogP contribution in [0.5, 0.6) is 0 Å². The summed E-state index contributed by atoms with van der Waals surface area (Å²) in [6.07, 6.45) is 0.665. The Bertz CT molecular complexity index is 1060. The van der Waals surface area contributed by atoms with Gasteiger partial charge in [-0.25, -0.2) is 4.98 Å². The number of benzene rings is 2. The number of para-hydroxylation sites is 2. The van der Waals surface area contributed by atoms with E-state index in [0.717, 1.165) is 42.1 Å². The molecule has 2 aromatic carbocycles. The van der Waals surface area contributed by atoms with Gasteiger partial charge in [0.2, 0.25) is 5.91 Å². The van der Waals surface area contributed by atoms with E-state index in [4.69, 9.17) is 0 Å². The maximum atomic E-state index is 12.5. The molecule has 0 saturated carbocycles. The summed E-state index contributed by atoms with van der Waals surface area (Å²) in [4.78, 5) is 36.8. The van der Waals surface area contributed by atoms with E-state index in [9.17, 15) is 9.59 Å². The standard InChI is InChI=1S/C24H30N6O2/c1-25-24(32)18-7-5-6-17(14-18)21-15-30(13-12-29(21)2)16-23(31)26-11-10-22-27-19-8-3-4-9-20(19)28-22/h3-9,14,21H,10-13,15-16H2,1-2H3,(H,25,32)(H,26,31)(H,27,28)/t21-/m1/s1. The van der Waals surface area contributed by atoms with E-state index in [1.807, 2.05) is 48.5 Å². The number of nitrogens with zero attached hydrogens (tertiary/aromatic N) is 3. The van der Waals surface area contributed by atoms with Gasteiger partial charge in [-0.15, -0.1) is 0 Å². The number of hydrogen-bond acceptors (Lipinski definition) is 5. The predicted octanol–water partition coefficient (Wildman–Crippen LogP) is 1.57. The zero-order valence-corrected chi connectivity index (χ0v) is 18.6. The summed E-state index contributed by atoms with van der Waals surface area (Å²) in [7, 11) is 3.72. The van der Waals surface area contributed by atoms with E-state index < -0.39 is 0 Å². The van der Waals surface area contributed by atoms with Crippen molar-refractivity contribution < 1.29 is 9.59 Å². The first-order valence-electron chi connectivity index (χ1n) is 11.0. The summed E-state index contributed by atoms with van der Waals surface area (Å²) >= 11 is 0. The van der Waals surface area contributed by atoms with E-state index in [-0.39, 0.29) is 17.9 Å². The van der Waals surface area contributed by atoms with Gasteiger partial charge in [0.1, 0.15) is 5.82 Å². The zero-order valence-electron chi connectivity index (χ0n) is 18.6. The summed E-state index contributed by atoms with van der Waals surface area (Å²) in [5, 5.41) is 5.69. The number of aromatic nitrogens is 2. The van der Waals surface area contributed by atoms with Gasteiger partial charge in [0.25, 0.3) is 5.91 Å². The summed E-state index contributed by atoms with van der Waals surface area (Å²) in [6.45, 7) is 3.34. The minimum absolute atomic E-state index is 0.0172. The Morgan fingerprint density at radius 3 is 2.81 bits per heavy atom. The lowest BCUT2D eigenvalue weighted by Gasteiger charge is -2.39. The molecule has 8 nitrogen and oxygen atoms in total. The van der Waals surface area contributed by atoms with Gasteiger partial charge in [-0.05, 0) is 36.9 Å². The topological polar surface area (TPSA) is 93.4 Å². The van der Waals surface area contributed by atoms with Gasteiger partial charge in [0.15, 0.2) is 0 Å². The minimum Gasteiger partial charge on any atom is -0.355 e. The third-order valence-corrected chi connectivity index (χ3v) is 5.98. The van der Waals surface area contributed by atoms with Crippen LogP contribution in [0.3, 0.4) is 0 Å². The number of carbonyl (C=O) groups excluding carboxylic acids is 2. The van der Waals surface area contributed by atoms with Crippen molar-refractivity contribution in [2.75, 3.05) is 46.8 Å². The van der Waals surface area contributed by atoms with Crippen LogP contribution < -0.4 is 10.6 Å². The van der Waals surface area contributed by atoms with Crippen LogP contribution in [-0.2, 0) is 11.2 Å². The fourth-order valence-corrected chi connectivity index (χ4v) is 4.17. The zero-order chi connectivity index (χ0) is 22.5. The second kappa shape index (κ2) is 9.93. The summed E-state index contributed by atoms with van der Waals surface area (Å²) < 4.78 is 0. The molecule has 1 fully saturated rings. The van der Waals surface area contributed by atoms with Crippen LogP contribution in [-0.4, -0.2) is 78.4 Å². The van der Waals surface area contributed by atoms with Crippen LogP contribution in [0.25, 0.3) is 11.0 Å². The number of imidazole rings is 1. The number of H-pyrrole nitrogens is 1. The van der Waals surface area contributed by atoms with E-state index in [0.29, 0.717) is 25.1 Å². The molecule has 0 bridgehead atoms. The minimum atomic E-state index is -0.0917. The quantitative estimate of drug-likeness (QED) is 0.525. The number of carbonyl (C=O) groups is 2. The van der Waals surface area contributed by atoms with Crippen molar-refractivity contribution in [2.24, 2.45) is 0 Å². The fourth-order valence-electron chi connectivity index (χ4n) is 4.17. The van der Waals surface area contributed by atoms with Gasteiger partial charge in [0, 0.05) is 51.3 Å². The first-order chi connectivity index (χ1) is 15.5. The largest absolute Gasteiger partial charge is 0.355 e. The Morgan fingerprint density at radius 2 is 2.00 bits per heavy atom. The molecule has 0 unspecified atom stereocenters. The average Bonchev–Trinajstić information content (AvgIpc) is 3.22. The van der Waals surface area contributed by atoms with Gasteiger partial charge in [-0.1, -0.05) is 24.3 Å². The maximum absolute atomic E-state index is 12.5. The fraction of sp³-hybridized carbons (Fsp3) is 0.375. The average molecular weight is 435 g/mol. The molecule has 0 radical (unpaired) electrons. The molecule has 1 saturated heterocycles. The van der Waals surface area contributed by atoms with Crippen LogP contribution in [0.15, 0.2) is 48.5 Å². The van der Waals surface area contributed by atoms with Crippen molar-refractivity contribution in [3.8, 4) is 0 Å². The summed E-state index contributed by atoms with van der Waals surface area (Å²) in [5.74, 6) is 0.802. The molecular formula is C24H30N6O2. The highest BCUT2D eigenvalue weighted by Crippen LogP contribution is 2.24. The monoisotopic (exact) mass is 434 g/mol. The number of aromatic amines is 1. The molecule has 2 amide bonds. The van der Waals surface area contributed by atoms with Crippen molar-refractivity contribution in [1.82, 2.24) is 30.4 Å². The highest BCUT2D eigenvalue weighted by Gasteiger charge is 2.27. The molecular weight excluding hydrogens is 404 g/mol. The molecule has 1 aliphatic heterocycles. The maximum Gasteiger partial charge on any atom is 0.251 e. The molecule has 0 aliphatic carbocycles. The number of rotatable bonds is 7. The lowest BCUT2D eigenvalue weighted by atomic mass is 10.00. The molecule has 8 heteroatoms. The van der Waals surface area contributed by atoms with Gasteiger partial charge in [0.05, 0.1) is 17.6 Å². The molecule has 4 rings (SSSR count). The van der Waals surface area contributed by atoms with Crippen molar-refractivity contribution in [2.45, 2.75) is 12.5 Å². The Balaban J connectivity index is 1.30. The van der Waals surface area contributed by atoms with Crippen molar-refractivity contribution in [3.63, 3.8) is 0 Å². The molecule has 1 aliphatic rings. The van der Waals surface area contributed by atoms with Gasteiger partial charge in [-0.2, -0.15) is 0 Å². The number of nitrogens with one attached hydrogen (secondary N) is 3. The molecule has 32 heavy (non-hydrogen) atoms. The lowest BCUT2D eigenvalue weighted by Crippen LogP contribution is -2.49. The van der Waals surface area contributed by atoms with Crippen LogP contribution in [0.2, 0.25) is 0 Å². The third kappa shape index (κ3) is 5.15. The second-order valence-electron chi connectivity index (χ2n) is 8.24. The van der Waals surface area contributed by atoms with E-state index in [2.05, 4.69) is 37.4 Å². The van der Waals surface area contributed by atoms with Crippen LogP contribution >= 0.6 is 0 Å². The molecule has 0 spiro atoms. The third-order valence-electron chi connectivity index (χ3n) is 5.98. The van der Waals surface area contributed by atoms with E-state index >= 15 is 0 Å². The summed E-state index contributed by atoms with van der Waals surface area (Å²) in [5.41, 5.74) is 3.69. The molecule has 168 valence electrons. The van der Waals surface area contributed by atoms with Crippen LogP contribution in [0.1, 0.15) is 27.8 Å². The first kappa shape index (κ1) is 22.0. The van der Waals surface area contributed by atoms with Gasteiger partial charge >= 0.3 is 0 Å². The Hall–Kier alpha value is -3.23. The van der Waals surface area contributed by atoms with Crippen molar-refractivity contribution in [1.29, 1.82) is 0 Å². The smallest absolute Gasteiger partial charge is 0.251 e. The molecule has 2 heterocycles. The highest BCUT2D eigenvalue weighted by atomic mass is 16.2. The Morgan fingerprint density at radius 1 is 1.16 bits per heavy atom. The van der Waals surface area contributed by atoms with E-state index in [1.165, 1.54) is 0 Å². The predicted molar refractivity (Wildman–Crippen MR) is 124 cm³/mol. The van der Waals surface area contributed by atoms with Crippen molar-refractivity contribution >= 4 is 22.8 Å². The Labute approximate surface area is 188 Å². The molecule has 3 aromatic rings. The van der Waals surface area contributed by atoms with Gasteiger partial charge in [-0.3, -0.25) is 19.4 Å². The number of piperazine rings is 1.